The van der Waals surface area contributed by atoms with E-state index >= 15 is 0 Å². The van der Waals surface area contributed by atoms with E-state index in [2.05, 4.69) is 5.32 Å². The molecule has 3 N–H and O–H groups in total. The molecule has 3 nitrogen and oxygen atoms in total. The van der Waals surface area contributed by atoms with Crippen molar-refractivity contribution in [2.24, 2.45) is 11.7 Å². The Bertz CT molecular complexity index is 494. The standard InChI is InChI=1S/C13H15F3N2O/c1-13(6-17,8-2-3-8)18-12(19)7-4-9(14)11(16)10(15)5-7/h4-5,8H,2-3,6,17H2,1H3,(H,18,19). The van der Waals surface area contributed by atoms with Gasteiger partial charge in [-0.3, -0.25) is 4.79 Å². The van der Waals surface area contributed by atoms with E-state index in [-0.39, 0.29) is 18.0 Å². The minimum absolute atomic E-state index is 0.232. The van der Waals surface area contributed by atoms with Crippen LogP contribution < -0.4 is 11.1 Å². The van der Waals surface area contributed by atoms with Crippen molar-refractivity contribution in [1.82, 2.24) is 5.32 Å². The highest BCUT2D eigenvalue weighted by atomic mass is 19.2. The molecule has 0 heterocycles. The second-order valence-electron chi connectivity index (χ2n) is 5.10. The molecule has 1 unspecified atom stereocenters. The van der Waals surface area contributed by atoms with Crippen LogP contribution in [0.4, 0.5) is 13.2 Å². The summed E-state index contributed by atoms with van der Waals surface area (Å²) in [7, 11) is 0. The summed E-state index contributed by atoms with van der Waals surface area (Å²) < 4.78 is 38.9. The lowest BCUT2D eigenvalue weighted by Crippen LogP contribution is -2.53. The molecule has 1 atom stereocenters. The molecule has 104 valence electrons. The van der Waals surface area contributed by atoms with E-state index in [0.717, 1.165) is 12.8 Å². The molecule has 1 aromatic rings. The summed E-state index contributed by atoms with van der Waals surface area (Å²) in [6, 6.07) is 1.36. The molecular weight excluding hydrogens is 257 g/mol. The molecule has 19 heavy (non-hydrogen) atoms. The van der Waals surface area contributed by atoms with Crippen LogP contribution in [0.2, 0.25) is 0 Å². The molecule has 2 rings (SSSR count). The zero-order valence-electron chi connectivity index (χ0n) is 10.5. The van der Waals surface area contributed by atoms with Crippen molar-refractivity contribution in [2.45, 2.75) is 25.3 Å². The quantitative estimate of drug-likeness (QED) is 0.823. The zero-order valence-corrected chi connectivity index (χ0v) is 10.5. The van der Waals surface area contributed by atoms with Crippen molar-refractivity contribution >= 4 is 5.91 Å². The predicted octanol–water partition coefficient (Wildman–Crippen LogP) is 1.96. The van der Waals surface area contributed by atoms with E-state index in [1.165, 1.54) is 0 Å². The van der Waals surface area contributed by atoms with Crippen LogP contribution in [0.1, 0.15) is 30.1 Å². The minimum Gasteiger partial charge on any atom is -0.345 e. The van der Waals surface area contributed by atoms with Crippen molar-refractivity contribution in [2.75, 3.05) is 6.54 Å². The van der Waals surface area contributed by atoms with Crippen LogP contribution >= 0.6 is 0 Å². The van der Waals surface area contributed by atoms with Crippen molar-refractivity contribution in [1.29, 1.82) is 0 Å². The molecule has 1 aromatic carbocycles. The van der Waals surface area contributed by atoms with Crippen molar-refractivity contribution in [3.05, 3.63) is 35.1 Å². The smallest absolute Gasteiger partial charge is 0.251 e. The molecule has 1 fully saturated rings. The van der Waals surface area contributed by atoms with Crippen molar-refractivity contribution in [3.63, 3.8) is 0 Å². The predicted molar refractivity (Wildman–Crippen MR) is 64.0 cm³/mol. The number of hydrogen-bond acceptors (Lipinski definition) is 2. The van der Waals surface area contributed by atoms with Gasteiger partial charge >= 0.3 is 0 Å². The third-order valence-corrected chi connectivity index (χ3v) is 3.55. The van der Waals surface area contributed by atoms with Gasteiger partial charge in [0.15, 0.2) is 17.5 Å². The highest BCUT2D eigenvalue weighted by Crippen LogP contribution is 2.39. The van der Waals surface area contributed by atoms with Crippen molar-refractivity contribution in [3.8, 4) is 0 Å². The number of amides is 1. The largest absolute Gasteiger partial charge is 0.345 e. The Balaban J connectivity index is 2.20. The van der Waals surface area contributed by atoms with Gasteiger partial charge in [0, 0.05) is 12.1 Å². The number of benzene rings is 1. The SMILES string of the molecule is CC(CN)(NC(=O)c1cc(F)c(F)c(F)c1)C1CC1. The highest BCUT2D eigenvalue weighted by Gasteiger charge is 2.41. The molecule has 0 bridgehead atoms. The van der Waals surface area contributed by atoms with Crippen LogP contribution in [0.15, 0.2) is 12.1 Å². The van der Waals surface area contributed by atoms with E-state index in [9.17, 15) is 18.0 Å². The first-order valence-electron chi connectivity index (χ1n) is 6.04. The summed E-state index contributed by atoms with van der Waals surface area (Å²) in [6.45, 7) is 2.02. The number of halogens is 3. The third kappa shape index (κ3) is 2.73. The number of carbonyl (C=O) groups excluding carboxylic acids is 1. The Hall–Kier alpha value is -1.56. The second kappa shape index (κ2) is 4.85. The first-order chi connectivity index (χ1) is 8.87. The summed E-state index contributed by atoms with van der Waals surface area (Å²) in [5, 5.41) is 2.68. The number of carbonyl (C=O) groups is 1. The lowest BCUT2D eigenvalue weighted by atomic mass is 9.95. The summed E-state index contributed by atoms with van der Waals surface area (Å²) in [5.74, 6) is -4.73. The van der Waals surface area contributed by atoms with Gasteiger partial charge in [-0.1, -0.05) is 0 Å². The molecule has 1 saturated carbocycles. The number of nitrogens with two attached hydrogens (primary N) is 1. The monoisotopic (exact) mass is 272 g/mol. The van der Waals surface area contributed by atoms with Crippen LogP contribution in [0, 0.1) is 23.4 Å². The Morgan fingerprint density at radius 3 is 2.32 bits per heavy atom. The van der Waals surface area contributed by atoms with Gasteiger partial charge in [-0.05, 0) is 37.8 Å². The summed E-state index contributed by atoms with van der Waals surface area (Å²) in [5.41, 5.74) is 4.78. The van der Waals surface area contributed by atoms with Gasteiger partial charge in [0.1, 0.15) is 0 Å². The Labute approximate surface area is 109 Å². The molecule has 0 aromatic heterocycles. The van der Waals surface area contributed by atoms with Crippen LogP contribution in [0.5, 0.6) is 0 Å². The highest BCUT2D eigenvalue weighted by molar-refractivity contribution is 5.94. The van der Waals surface area contributed by atoms with E-state index < -0.39 is 28.9 Å². The Kier molecular flexibility index (Phi) is 3.54. The maximum absolute atomic E-state index is 13.1. The maximum Gasteiger partial charge on any atom is 0.251 e. The fourth-order valence-electron chi connectivity index (χ4n) is 2.06. The van der Waals surface area contributed by atoms with E-state index in [1.807, 2.05) is 0 Å². The van der Waals surface area contributed by atoms with Crippen molar-refractivity contribution < 1.29 is 18.0 Å². The first-order valence-corrected chi connectivity index (χ1v) is 6.04. The molecule has 0 radical (unpaired) electrons. The zero-order chi connectivity index (χ0) is 14.2. The van der Waals surface area contributed by atoms with Crippen LogP contribution in [0.25, 0.3) is 0 Å². The number of hydrogen-bond donors (Lipinski definition) is 2. The molecular formula is C13H15F3N2O. The van der Waals surface area contributed by atoms with Gasteiger partial charge in [0.05, 0.1) is 5.54 Å². The van der Waals surface area contributed by atoms with Gasteiger partial charge in [0.2, 0.25) is 0 Å². The van der Waals surface area contributed by atoms with Crippen LogP contribution in [-0.4, -0.2) is 18.0 Å². The molecule has 1 aliphatic rings. The first kappa shape index (κ1) is 13.9. The Morgan fingerprint density at radius 1 is 1.37 bits per heavy atom. The van der Waals surface area contributed by atoms with Gasteiger partial charge in [-0.15, -0.1) is 0 Å². The average molecular weight is 272 g/mol. The lowest BCUT2D eigenvalue weighted by molar-refractivity contribution is 0.0896. The van der Waals surface area contributed by atoms with E-state index in [0.29, 0.717) is 12.1 Å². The van der Waals surface area contributed by atoms with Gasteiger partial charge in [-0.2, -0.15) is 0 Å². The van der Waals surface area contributed by atoms with Gasteiger partial charge in [0.25, 0.3) is 5.91 Å². The van der Waals surface area contributed by atoms with E-state index in [4.69, 9.17) is 5.73 Å². The molecule has 0 aliphatic heterocycles. The van der Waals surface area contributed by atoms with Gasteiger partial charge < -0.3 is 11.1 Å². The van der Waals surface area contributed by atoms with Gasteiger partial charge in [-0.25, -0.2) is 13.2 Å². The maximum atomic E-state index is 13.1. The third-order valence-electron chi connectivity index (χ3n) is 3.55. The average Bonchev–Trinajstić information content (AvgIpc) is 3.19. The lowest BCUT2D eigenvalue weighted by Gasteiger charge is -2.29. The van der Waals surface area contributed by atoms with Crippen LogP contribution in [0.3, 0.4) is 0 Å². The molecule has 1 aliphatic carbocycles. The fraction of sp³-hybridized carbons (Fsp3) is 0.462. The number of nitrogens with one attached hydrogen (secondary N) is 1. The second-order valence-corrected chi connectivity index (χ2v) is 5.10. The topological polar surface area (TPSA) is 55.1 Å². The molecule has 1 amide bonds. The summed E-state index contributed by atoms with van der Waals surface area (Å²) in [4.78, 5) is 11.9. The number of rotatable bonds is 4. The molecule has 6 heteroatoms. The molecule has 0 saturated heterocycles. The normalized spacial score (nSPS) is 17.9. The summed E-state index contributed by atoms with van der Waals surface area (Å²) >= 11 is 0. The minimum atomic E-state index is -1.58. The van der Waals surface area contributed by atoms with Crippen LogP contribution in [-0.2, 0) is 0 Å². The van der Waals surface area contributed by atoms with E-state index in [1.54, 1.807) is 6.92 Å². The fourth-order valence-corrected chi connectivity index (χ4v) is 2.06. The molecule has 0 spiro atoms. The Morgan fingerprint density at radius 2 is 1.89 bits per heavy atom. The summed E-state index contributed by atoms with van der Waals surface area (Å²) in [6.07, 6.45) is 1.92.